The fourth-order valence-corrected chi connectivity index (χ4v) is 4.01. The normalized spacial score (nSPS) is 16.9. The highest BCUT2D eigenvalue weighted by atomic mass is 35.5. The number of aromatic amines is 1. The lowest BCUT2D eigenvalue weighted by molar-refractivity contribution is -0.137. The van der Waals surface area contributed by atoms with E-state index in [0.29, 0.717) is 12.0 Å². The molecule has 0 unspecified atom stereocenters. The molecule has 3 aromatic rings. The first kappa shape index (κ1) is 30.1. The van der Waals surface area contributed by atoms with E-state index in [9.17, 15) is 13.2 Å². The number of aromatic nitrogens is 1. The van der Waals surface area contributed by atoms with Crippen molar-refractivity contribution in [3.8, 4) is 0 Å². The molecule has 1 aliphatic carbocycles. The number of rotatable bonds is 3. The number of halogens is 4. The van der Waals surface area contributed by atoms with E-state index in [0.717, 1.165) is 59.2 Å². The van der Waals surface area contributed by atoms with Gasteiger partial charge in [0, 0.05) is 28.2 Å². The highest BCUT2D eigenvalue weighted by Crippen LogP contribution is 2.31. The maximum Gasteiger partial charge on any atom is 0.416 e. The fourth-order valence-electron chi connectivity index (χ4n) is 3.84. The van der Waals surface area contributed by atoms with Gasteiger partial charge in [-0.25, -0.2) is 0 Å². The van der Waals surface area contributed by atoms with Gasteiger partial charge in [-0.3, -0.25) is 0 Å². The Hall–Kier alpha value is -2.96. The Morgan fingerprint density at radius 3 is 2.09 bits per heavy atom. The van der Waals surface area contributed by atoms with Crippen molar-refractivity contribution in [2.75, 3.05) is 0 Å². The van der Waals surface area contributed by atoms with E-state index in [4.69, 9.17) is 17.3 Å². The number of nitrogens with one attached hydrogen (secondary N) is 1. The number of benzene rings is 2. The lowest BCUT2D eigenvalue weighted by Gasteiger charge is -2.26. The van der Waals surface area contributed by atoms with Crippen LogP contribution in [0.2, 0.25) is 5.02 Å². The SMILES string of the molecule is C=C.C=CN.C=Cc1c[nH]c2ccc(Cl)cc12.NC1CCC(Cc2ccc(C(F)(F)F)cc2)CC1. The summed E-state index contributed by atoms with van der Waals surface area (Å²) >= 11 is 5.86. The van der Waals surface area contributed by atoms with Gasteiger partial charge in [0.25, 0.3) is 0 Å². The summed E-state index contributed by atoms with van der Waals surface area (Å²) in [6.45, 7) is 12.9. The van der Waals surface area contributed by atoms with Gasteiger partial charge in [-0.2, -0.15) is 13.2 Å². The first-order chi connectivity index (χ1) is 16.7. The molecule has 1 fully saturated rings. The summed E-state index contributed by atoms with van der Waals surface area (Å²) in [7, 11) is 0. The molecule has 3 nitrogen and oxygen atoms in total. The molecule has 0 bridgehead atoms. The molecule has 0 aliphatic heterocycles. The van der Waals surface area contributed by atoms with Crippen LogP contribution in [-0.4, -0.2) is 11.0 Å². The van der Waals surface area contributed by atoms with Crippen molar-refractivity contribution in [3.63, 3.8) is 0 Å². The standard InChI is InChI=1S/C14H18F3N.C10H8ClN.C2H5N.C2H4/c15-14(16,17)12-5-1-10(2-6-12)9-11-3-7-13(18)8-4-11;1-2-7-6-12-10-4-3-8(11)5-9(7)10;1-2-3;1-2/h1-2,5-6,11,13H,3-4,7-9,18H2;2-6,12H,1H2;2H,1,3H2;1-2H2. The van der Waals surface area contributed by atoms with Gasteiger partial charge in [-0.15, -0.1) is 13.2 Å². The Balaban J connectivity index is 0.000000311. The van der Waals surface area contributed by atoms with Crippen LogP contribution < -0.4 is 11.5 Å². The molecule has 5 N–H and O–H groups in total. The summed E-state index contributed by atoms with van der Waals surface area (Å²) in [6, 6.07) is 11.6. The van der Waals surface area contributed by atoms with Gasteiger partial charge in [0.1, 0.15) is 0 Å². The summed E-state index contributed by atoms with van der Waals surface area (Å²) in [5.74, 6) is 0.571. The summed E-state index contributed by atoms with van der Waals surface area (Å²) in [5, 5.41) is 1.88. The number of fused-ring (bicyclic) bond motifs is 1. The number of nitrogens with two attached hydrogens (primary N) is 2. The van der Waals surface area contributed by atoms with E-state index in [1.165, 1.54) is 18.3 Å². The van der Waals surface area contributed by atoms with E-state index in [2.05, 4.69) is 37.0 Å². The average Bonchev–Trinajstić information content (AvgIpc) is 3.25. The molecule has 0 amide bonds. The minimum atomic E-state index is -4.24. The monoisotopic (exact) mass is 505 g/mol. The van der Waals surface area contributed by atoms with Crippen molar-refractivity contribution in [1.29, 1.82) is 0 Å². The summed E-state index contributed by atoms with van der Waals surface area (Å²) < 4.78 is 37.2. The highest BCUT2D eigenvalue weighted by molar-refractivity contribution is 6.31. The fraction of sp³-hybridized carbons (Fsp3) is 0.286. The lowest BCUT2D eigenvalue weighted by Crippen LogP contribution is -2.27. The van der Waals surface area contributed by atoms with Crippen LogP contribution in [0.5, 0.6) is 0 Å². The van der Waals surface area contributed by atoms with Crippen LogP contribution >= 0.6 is 11.6 Å². The maximum atomic E-state index is 12.4. The number of hydrogen-bond donors (Lipinski definition) is 3. The maximum absolute atomic E-state index is 12.4. The predicted molar refractivity (Wildman–Crippen MR) is 144 cm³/mol. The van der Waals surface area contributed by atoms with Crippen molar-refractivity contribution >= 4 is 28.6 Å². The van der Waals surface area contributed by atoms with Gasteiger partial charge in [0.2, 0.25) is 0 Å². The summed E-state index contributed by atoms with van der Waals surface area (Å²) in [4.78, 5) is 3.14. The third-order valence-corrected chi connectivity index (χ3v) is 5.83. The van der Waals surface area contributed by atoms with Gasteiger partial charge >= 0.3 is 6.18 Å². The van der Waals surface area contributed by atoms with Crippen LogP contribution in [0.3, 0.4) is 0 Å². The van der Waals surface area contributed by atoms with Crippen molar-refractivity contribution < 1.29 is 13.2 Å². The zero-order valence-corrected chi connectivity index (χ0v) is 20.7. The smallest absolute Gasteiger partial charge is 0.405 e. The zero-order chi connectivity index (χ0) is 26.4. The molecule has 0 radical (unpaired) electrons. The van der Waals surface area contributed by atoms with E-state index >= 15 is 0 Å². The van der Waals surface area contributed by atoms with Crippen molar-refractivity contribution in [2.45, 2.75) is 44.3 Å². The topological polar surface area (TPSA) is 67.8 Å². The van der Waals surface area contributed by atoms with Crippen LogP contribution in [-0.2, 0) is 12.6 Å². The third kappa shape index (κ3) is 10.0. The number of H-pyrrole nitrogens is 1. The minimum absolute atomic E-state index is 0.314. The van der Waals surface area contributed by atoms with Crippen molar-refractivity contribution in [1.82, 2.24) is 4.98 Å². The first-order valence-electron chi connectivity index (χ1n) is 11.3. The van der Waals surface area contributed by atoms with E-state index in [1.54, 1.807) is 12.1 Å². The van der Waals surface area contributed by atoms with Crippen molar-refractivity contribution in [2.24, 2.45) is 17.4 Å². The van der Waals surface area contributed by atoms with Crippen LogP contribution in [0, 0.1) is 5.92 Å². The Morgan fingerprint density at radius 2 is 1.57 bits per heavy atom. The largest absolute Gasteiger partial charge is 0.416 e. The molecule has 35 heavy (non-hydrogen) atoms. The molecule has 0 spiro atoms. The van der Waals surface area contributed by atoms with Crippen LogP contribution in [0.4, 0.5) is 13.2 Å². The first-order valence-corrected chi connectivity index (χ1v) is 11.7. The molecule has 1 aliphatic rings. The summed E-state index contributed by atoms with van der Waals surface area (Å²) in [5.41, 5.74) is 13.0. The Labute approximate surface area is 211 Å². The van der Waals surface area contributed by atoms with Gasteiger partial charge in [-0.1, -0.05) is 43.0 Å². The molecule has 1 heterocycles. The van der Waals surface area contributed by atoms with E-state index < -0.39 is 11.7 Å². The lowest BCUT2D eigenvalue weighted by atomic mass is 9.83. The highest BCUT2D eigenvalue weighted by Gasteiger charge is 2.30. The molecule has 2 aromatic carbocycles. The Morgan fingerprint density at radius 1 is 1.00 bits per heavy atom. The molecule has 1 saturated carbocycles. The minimum Gasteiger partial charge on any atom is -0.405 e. The summed E-state index contributed by atoms with van der Waals surface area (Å²) in [6.07, 6.45) is 5.85. The average molecular weight is 506 g/mol. The van der Waals surface area contributed by atoms with Gasteiger partial charge in [0.05, 0.1) is 5.56 Å². The van der Waals surface area contributed by atoms with Crippen LogP contribution in [0.15, 0.2) is 81.2 Å². The Kier molecular flexibility index (Phi) is 13.0. The second-order valence-electron chi connectivity index (χ2n) is 8.05. The Bertz CT molecular complexity index is 1030. The van der Waals surface area contributed by atoms with E-state index in [1.807, 2.05) is 30.5 Å². The van der Waals surface area contributed by atoms with E-state index in [-0.39, 0.29) is 0 Å². The molecular weight excluding hydrogens is 471 g/mol. The second-order valence-corrected chi connectivity index (χ2v) is 8.49. The molecule has 1 aromatic heterocycles. The van der Waals surface area contributed by atoms with Gasteiger partial charge < -0.3 is 16.5 Å². The van der Waals surface area contributed by atoms with Gasteiger partial charge in [0.15, 0.2) is 0 Å². The van der Waals surface area contributed by atoms with Crippen LogP contribution in [0.25, 0.3) is 17.0 Å². The molecule has 7 heteroatoms. The van der Waals surface area contributed by atoms with Crippen LogP contribution in [0.1, 0.15) is 42.4 Å². The number of hydrogen-bond acceptors (Lipinski definition) is 2. The molecule has 0 saturated heterocycles. The molecular formula is C28H35ClF3N3. The molecule has 190 valence electrons. The number of alkyl halides is 3. The van der Waals surface area contributed by atoms with Crippen molar-refractivity contribution in [3.05, 3.63) is 103 Å². The van der Waals surface area contributed by atoms with Gasteiger partial charge in [-0.05, 0) is 85.7 Å². The molecule has 4 rings (SSSR count). The zero-order valence-electron chi connectivity index (χ0n) is 20.0. The predicted octanol–water partition coefficient (Wildman–Crippen LogP) is 8.12. The molecule has 0 atom stereocenters. The quantitative estimate of drug-likeness (QED) is 0.314. The second kappa shape index (κ2) is 15.1. The third-order valence-electron chi connectivity index (χ3n) is 5.59.